The molecule has 1 atom stereocenters. The van der Waals surface area contributed by atoms with Crippen molar-refractivity contribution in [2.75, 3.05) is 12.4 Å². The second-order valence-electron chi connectivity index (χ2n) is 5.77. The molecule has 1 N–H and O–H groups in total. The zero-order chi connectivity index (χ0) is 16.7. The number of rotatable bonds is 2. The molecule has 1 aromatic carbocycles. The Balaban J connectivity index is 2.08. The molecule has 0 fully saturated rings. The van der Waals surface area contributed by atoms with Gasteiger partial charge in [0.25, 0.3) is 0 Å². The van der Waals surface area contributed by atoms with Crippen LogP contribution in [0.25, 0.3) is 11.4 Å². The SMILES string of the molecule is CC1(CO)Cc2nnc(-c3ccccc3C(F)(F)F)n2CCS1. The third-order valence-electron chi connectivity index (χ3n) is 3.93. The molecule has 0 saturated heterocycles. The van der Waals surface area contributed by atoms with Crippen LogP contribution in [-0.4, -0.2) is 37.0 Å². The van der Waals surface area contributed by atoms with Crippen molar-refractivity contribution in [2.24, 2.45) is 0 Å². The number of thioether (sulfide) groups is 1. The Bertz CT molecular complexity index is 716. The van der Waals surface area contributed by atoms with Crippen molar-refractivity contribution in [3.63, 3.8) is 0 Å². The predicted octanol–water partition coefficient (Wildman–Crippen LogP) is 3.00. The summed E-state index contributed by atoms with van der Waals surface area (Å²) in [7, 11) is 0. The molecule has 0 aliphatic carbocycles. The zero-order valence-corrected chi connectivity index (χ0v) is 13.3. The van der Waals surface area contributed by atoms with Gasteiger partial charge in [-0.05, 0) is 13.0 Å². The molecule has 8 heteroatoms. The zero-order valence-electron chi connectivity index (χ0n) is 12.5. The third-order valence-corrected chi connectivity index (χ3v) is 5.29. The van der Waals surface area contributed by atoms with E-state index in [2.05, 4.69) is 10.2 Å². The first-order chi connectivity index (χ1) is 10.8. The van der Waals surface area contributed by atoms with Gasteiger partial charge in [0.15, 0.2) is 5.82 Å². The molecule has 124 valence electrons. The van der Waals surface area contributed by atoms with Crippen molar-refractivity contribution < 1.29 is 18.3 Å². The maximum atomic E-state index is 13.2. The number of nitrogens with zero attached hydrogens (tertiary/aromatic N) is 3. The lowest BCUT2D eigenvalue weighted by Gasteiger charge is -2.23. The van der Waals surface area contributed by atoms with Crippen LogP contribution in [0.2, 0.25) is 0 Å². The van der Waals surface area contributed by atoms with E-state index in [9.17, 15) is 18.3 Å². The molecule has 1 aliphatic heterocycles. The fourth-order valence-electron chi connectivity index (χ4n) is 2.70. The van der Waals surface area contributed by atoms with Crippen LogP contribution in [0, 0.1) is 0 Å². The molecule has 4 nitrogen and oxygen atoms in total. The first-order valence-electron chi connectivity index (χ1n) is 7.17. The molecule has 1 unspecified atom stereocenters. The second kappa shape index (κ2) is 5.83. The number of hydrogen-bond acceptors (Lipinski definition) is 4. The van der Waals surface area contributed by atoms with E-state index in [0.29, 0.717) is 24.5 Å². The summed E-state index contributed by atoms with van der Waals surface area (Å²) in [4.78, 5) is 0. The smallest absolute Gasteiger partial charge is 0.395 e. The van der Waals surface area contributed by atoms with E-state index in [4.69, 9.17) is 0 Å². The van der Waals surface area contributed by atoms with Crippen molar-refractivity contribution in [1.82, 2.24) is 14.8 Å². The van der Waals surface area contributed by atoms with Crippen molar-refractivity contribution >= 4 is 11.8 Å². The Hall–Kier alpha value is -1.54. The standard InChI is InChI=1S/C15H16F3N3OS/c1-14(9-22)8-12-19-20-13(21(12)6-7-23-14)10-4-2-3-5-11(10)15(16,17)18/h2-5,22H,6-9H2,1H3. The van der Waals surface area contributed by atoms with Crippen LogP contribution in [0.1, 0.15) is 18.3 Å². The van der Waals surface area contributed by atoms with Crippen LogP contribution < -0.4 is 0 Å². The summed E-state index contributed by atoms with van der Waals surface area (Å²) < 4.78 is 41.1. The number of hydrogen-bond donors (Lipinski definition) is 1. The lowest BCUT2D eigenvalue weighted by atomic mass is 10.1. The summed E-state index contributed by atoms with van der Waals surface area (Å²) in [5.74, 6) is 1.53. The number of aliphatic hydroxyl groups excluding tert-OH is 1. The normalized spacial score (nSPS) is 21.8. The summed E-state index contributed by atoms with van der Waals surface area (Å²) in [5, 5.41) is 17.6. The number of aromatic nitrogens is 3. The molecule has 2 aromatic rings. The van der Waals surface area contributed by atoms with Gasteiger partial charge in [-0.2, -0.15) is 24.9 Å². The Morgan fingerprint density at radius 2 is 2.04 bits per heavy atom. The fourth-order valence-corrected chi connectivity index (χ4v) is 3.79. The lowest BCUT2D eigenvalue weighted by molar-refractivity contribution is -0.137. The topological polar surface area (TPSA) is 50.9 Å². The number of halogens is 3. The van der Waals surface area contributed by atoms with E-state index >= 15 is 0 Å². The molecule has 0 saturated carbocycles. The van der Waals surface area contributed by atoms with Gasteiger partial charge in [-0.1, -0.05) is 18.2 Å². The Kier molecular flexibility index (Phi) is 4.14. The van der Waals surface area contributed by atoms with Gasteiger partial charge in [-0.3, -0.25) is 0 Å². The molecule has 1 aliphatic rings. The average molecular weight is 343 g/mol. The van der Waals surface area contributed by atoms with Crippen molar-refractivity contribution in [1.29, 1.82) is 0 Å². The highest BCUT2D eigenvalue weighted by molar-refractivity contribution is 8.00. The minimum atomic E-state index is -4.44. The van der Waals surface area contributed by atoms with E-state index < -0.39 is 11.7 Å². The number of fused-ring (bicyclic) bond motifs is 1. The third kappa shape index (κ3) is 3.10. The van der Waals surface area contributed by atoms with E-state index in [1.54, 1.807) is 22.4 Å². The van der Waals surface area contributed by atoms with Gasteiger partial charge in [0.05, 0.1) is 12.2 Å². The molecule has 0 radical (unpaired) electrons. The van der Waals surface area contributed by atoms with E-state index in [1.165, 1.54) is 12.1 Å². The molecule has 23 heavy (non-hydrogen) atoms. The molecule has 3 rings (SSSR count). The summed E-state index contributed by atoms with van der Waals surface area (Å²) in [6, 6.07) is 5.41. The predicted molar refractivity (Wildman–Crippen MR) is 82.1 cm³/mol. The highest BCUT2D eigenvalue weighted by Gasteiger charge is 2.36. The van der Waals surface area contributed by atoms with Crippen LogP contribution in [0.3, 0.4) is 0 Å². The fraction of sp³-hybridized carbons (Fsp3) is 0.467. The van der Waals surface area contributed by atoms with E-state index in [1.807, 2.05) is 6.92 Å². The molecular formula is C15H16F3N3OS. The number of benzene rings is 1. The summed E-state index contributed by atoms with van der Waals surface area (Å²) >= 11 is 1.60. The van der Waals surface area contributed by atoms with Gasteiger partial charge >= 0.3 is 6.18 Å². The summed E-state index contributed by atoms with van der Waals surface area (Å²) in [6.07, 6.45) is -3.97. The minimum Gasteiger partial charge on any atom is -0.395 e. The highest BCUT2D eigenvalue weighted by atomic mass is 32.2. The van der Waals surface area contributed by atoms with Crippen LogP contribution in [0.4, 0.5) is 13.2 Å². The molecule has 0 spiro atoms. The monoisotopic (exact) mass is 343 g/mol. The minimum absolute atomic E-state index is 0.0149. The van der Waals surface area contributed by atoms with E-state index in [0.717, 1.165) is 6.07 Å². The summed E-state index contributed by atoms with van der Waals surface area (Å²) in [5.41, 5.74) is -0.673. The largest absolute Gasteiger partial charge is 0.417 e. The van der Waals surface area contributed by atoms with Gasteiger partial charge in [0, 0.05) is 29.0 Å². The molecular weight excluding hydrogens is 327 g/mol. The Morgan fingerprint density at radius 1 is 1.30 bits per heavy atom. The quantitative estimate of drug-likeness (QED) is 0.911. The summed E-state index contributed by atoms with van der Waals surface area (Å²) in [6.45, 7) is 2.43. The second-order valence-corrected chi connectivity index (χ2v) is 7.45. The maximum absolute atomic E-state index is 13.2. The number of alkyl halides is 3. The van der Waals surface area contributed by atoms with Crippen molar-refractivity contribution in [2.45, 2.75) is 30.8 Å². The molecule has 2 heterocycles. The Labute approximate surface area is 135 Å². The van der Waals surface area contributed by atoms with Crippen LogP contribution in [0.5, 0.6) is 0 Å². The van der Waals surface area contributed by atoms with Crippen molar-refractivity contribution in [3.8, 4) is 11.4 Å². The van der Waals surface area contributed by atoms with Gasteiger partial charge in [-0.15, -0.1) is 10.2 Å². The van der Waals surface area contributed by atoms with Crippen LogP contribution >= 0.6 is 11.8 Å². The first kappa shape index (κ1) is 16.3. The van der Waals surface area contributed by atoms with Gasteiger partial charge in [0.1, 0.15) is 5.82 Å². The average Bonchev–Trinajstić information content (AvgIpc) is 2.80. The highest BCUT2D eigenvalue weighted by Crippen LogP contribution is 2.38. The van der Waals surface area contributed by atoms with Gasteiger partial charge in [0.2, 0.25) is 0 Å². The van der Waals surface area contributed by atoms with Gasteiger partial charge < -0.3 is 9.67 Å². The molecule has 0 amide bonds. The van der Waals surface area contributed by atoms with Crippen molar-refractivity contribution in [3.05, 3.63) is 35.7 Å². The van der Waals surface area contributed by atoms with Crippen LogP contribution in [0.15, 0.2) is 24.3 Å². The van der Waals surface area contributed by atoms with E-state index in [-0.39, 0.29) is 22.7 Å². The number of aliphatic hydroxyl groups is 1. The van der Waals surface area contributed by atoms with Gasteiger partial charge in [-0.25, -0.2) is 0 Å². The van der Waals surface area contributed by atoms with Crippen LogP contribution in [-0.2, 0) is 19.1 Å². The lowest BCUT2D eigenvalue weighted by Crippen LogP contribution is -2.28. The molecule has 1 aromatic heterocycles. The first-order valence-corrected chi connectivity index (χ1v) is 8.16. The molecule has 0 bridgehead atoms. The Morgan fingerprint density at radius 3 is 2.74 bits per heavy atom. The maximum Gasteiger partial charge on any atom is 0.417 e.